The lowest BCUT2D eigenvalue weighted by Gasteiger charge is -2.03. The molecule has 84 valence electrons. The number of thiocarbonyl (C=S) groups is 1. The molecule has 0 heterocycles. The first kappa shape index (κ1) is 13.8. The molecule has 0 unspecified atom stereocenters. The van der Waals surface area contributed by atoms with Gasteiger partial charge in [0.25, 0.3) is 5.69 Å². The molecule has 7 heteroatoms. The number of rotatable bonds is 2. The van der Waals surface area contributed by atoms with Crippen LogP contribution < -0.4 is 11.1 Å². The van der Waals surface area contributed by atoms with Crippen molar-refractivity contribution in [2.45, 2.75) is 0 Å². The van der Waals surface area contributed by atoms with E-state index >= 15 is 0 Å². The molecule has 1 aromatic rings. The van der Waals surface area contributed by atoms with E-state index in [0.717, 1.165) is 0 Å². The van der Waals surface area contributed by atoms with Gasteiger partial charge < -0.3 is 11.1 Å². The molecule has 0 atom stereocenters. The van der Waals surface area contributed by atoms with Gasteiger partial charge in [0, 0.05) is 6.07 Å². The van der Waals surface area contributed by atoms with Gasteiger partial charge in [-0.25, -0.2) is 0 Å². The van der Waals surface area contributed by atoms with Gasteiger partial charge in [-0.05, 0) is 30.7 Å². The standard InChI is InChI=1S/C7H7N3O2S.C2H3N/c8-7(13)9-5-3-1-2-4-6(5)10(11)12;1-2-3/h1-4H,(H3,8,9,13);3H,1H2. The number of nitrogens with zero attached hydrogens (tertiary/aromatic N) is 1. The maximum atomic E-state index is 10.5. The number of hydrogen-bond acceptors (Lipinski definition) is 4. The highest BCUT2D eigenvalue weighted by atomic mass is 32.1. The molecule has 0 amide bonds. The van der Waals surface area contributed by atoms with Gasteiger partial charge in [0.2, 0.25) is 0 Å². The summed E-state index contributed by atoms with van der Waals surface area (Å²) < 4.78 is 0. The van der Waals surface area contributed by atoms with E-state index in [1.807, 2.05) is 0 Å². The number of nitro groups is 1. The van der Waals surface area contributed by atoms with Crippen LogP contribution in [0.15, 0.2) is 30.8 Å². The highest BCUT2D eigenvalue weighted by Crippen LogP contribution is 2.22. The molecule has 0 radical (unpaired) electrons. The Labute approximate surface area is 97.4 Å². The van der Waals surface area contributed by atoms with E-state index in [9.17, 15) is 10.1 Å². The molecule has 1 aromatic carbocycles. The van der Waals surface area contributed by atoms with Crippen molar-refractivity contribution in [1.82, 2.24) is 0 Å². The summed E-state index contributed by atoms with van der Waals surface area (Å²) in [7, 11) is 0. The Morgan fingerprint density at radius 2 is 2.12 bits per heavy atom. The van der Waals surface area contributed by atoms with Gasteiger partial charge >= 0.3 is 0 Å². The van der Waals surface area contributed by atoms with Gasteiger partial charge in [0.05, 0.1) is 4.92 Å². The van der Waals surface area contributed by atoms with Crippen LogP contribution in [0.25, 0.3) is 0 Å². The predicted octanol–water partition coefficient (Wildman–Crippen LogP) is 1.67. The highest BCUT2D eigenvalue weighted by molar-refractivity contribution is 7.80. The Bertz CT molecular complexity index is 427. The Hall–Kier alpha value is -2.24. The second-order valence-corrected chi connectivity index (χ2v) is 2.88. The van der Waals surface area contributed by atoms with E-state index in [0.29, 0.717) is 5.69 Å². The van der Waals surface area contributed by atoms with Gasteiger partial charge in [-0.1, -0.05) is 12.1 Å². The van der Waals surface area contributed by atoms with Crippen LogP contribution in [-0.4, -0.2) is 15.9 Å². The molecular formula is C9H10N4O2S. The zero-order valence-electron chi connectivity index (χ0n) is 8.27. The summed E-state index contributed by atoms with van der Waals surface area (Å²) in [5.74, 6) is 1.75. The monoisotopic (exact) mass is 238 g/mol. The summed E-state index contributed by atoms with van der Waals surface area (Å²) in [6.45, 7) is 2.90. The Kier molecular flexibility index (Phi) is 6.11. The molecule has 4 N–H and O–H groups in total. The minimum Gasteiger partial charge on any atom is -0.376 e. The van der Waals surface area contributed by atoms with Crippen LogP contribution in [-0.2, 0) is 0 Å². The van der Waals surface area contributed by atoms with Gasteiger partial charge in [-0.15, -0.1) is 0 Å². The molecule has 0 aliphatic rings. The molecule has 0 fully saturated rings. The quantitative estimate of drug-likeness (QED) is 0.314. The maximum Gasteiger partial charge on any atom is 0.292 e. The van der Waals surface area contributed by atoms with Crippen molar-refractivity contribution in [3.05, 3.63) is 41.0 Å². The van der Waals surface area contributed by atoms with Crippen LogP contribution in [0.3, 0.4) is 0 Å². The van der Waals surface area contributed by atoms with Crippen LogP contribution in [0, 0.1) is 15.5 Å². The molecule has 0 saturated heterocycles. The van der Waals surface area contributed by atoms with E-state index in [4.69, 9.17) is 11.1 Å². The van der Waals surface area contributed by atoms with Gasteiger partial charge in [0.15, 0.2) is 5.11 Å². The van der Waals surface area contributed by atoms with Crippen molar-refractivity contribution in [2.24, 2.45) is 5.73 Å². The van der Waals surface area contributed by atoms with Crippen LogP contribution in [0.4, 0.5) is 11.4 Å². The zero-order valence-corrected chi connectivity index (χ0v) is 9.08. The smallest absolute Gasteiger partial charge is 0.292 e. The molecular weight excluding hydrogens is 228 g/mol. The Balaban J connectivity index is 0.000000673. The van der Waals surface area contributed by atoms with Crippen LogP contribution in [0.5, 0.6) is 0 Å². The molecule has 0 saturated carbocycles. The average molecular weight is 238 g/mol. The minimum atomic E-state index is -0.499. The third-order valence-electron chi connectivity index (χ3n) is 1.36. The first-order chi connectivity index (χ1) is 7.52. The summed E-state index contributed by atoms with van der Waals surface area (Å²) in [6, 6.07) is 6.15. The molecule has 16 heavy (non-hydrogen) atoms. The summed E-state index contributed by atoms with van der Waals surface area (Å²) in [6.07, 6.45) is 0. The second-order valence-electron chi connectivity index (χ2n) is 2.44. The third-order valence-corrected chi connectivity index (χ3v) is 1.46. The fourth-order valence-corrected chi connectivity index (χ4v) is 0.981. The van der Waals surface area contributed by atoms with Crippen molar-refractivity contribution < 1.29 is 4.92 Å². The summed E-state index contributed by atoms with van der Waals surface area (Å²) in [4.78, 5) is 9.99. The first-order valence-electron chi connectivity index (χ1n) is 4.01. The molecule has 0 spiro atoms. The number of anilines is 1. The SMILES string of the molecule is C=C=N.NC(=S)Nc1ccccc1[N+](=O)[O-]. The lowest BCUT2D eigenvalue weighted by atomic mass is 10.3. The van der Waals surface area contributed by atoms with Crippen molar-refractivity contribution in [3.63, 3.8) is 0 Å². The predicted molar refractivity (Wildman–Crippen MR) is 66.9 cm³/mol. The number of hydrogen-bond donors (Lipinski definition) is 3. The Morgan fingerprint density at radius 3 is 2.56 bits per heavy atom. The van der Waals surface area contributed by atoms with Gasteiger partial charge in [0.1, 0.15) is 5.69 Å². The Morgan fingerprint density at radius 1 is 1.62 bits per heavy atom. The molecule has 6 nitrogen and oxygen atoms in total. The van der Waals surface area contributed by atoms with Crippen molar-refractivity contribution in [1.29, 1.82) is 5.41 Å². The normalized spacial score (nSPS) is 8.00. The second kappa shape index (κ2) is 7.10. The third kappa shape index (κ3) is 4.85. The maximum absolute atomic E-state index is 10.5. The molecule has 0 aliphatic heterocycles. The summed E-state index contributed by atoms with van der Waals surface area (Å²) in [5, 5.41) is 18.9. The minimum absolute atomic E-state index is 0.00861. The lowest BCUT2D eigenvalue weighted by Crippen LogP contribution is -2.19. The van der Waals surface area contributed by atoms with Gasteiger partial charge in [-0.3, -0.25) is 15.5 Å². The number of benzene rings is 1. The van der Waals surface area contributed by atoms with Crippen molar-refractivity contribution in [3.8, 4) is 0 Å². The van der Waals surface area contributed by atoms with E-state index in [1.165, 1.54) is 12.1 Å². The molecule has 0 bridgehead atoms. The largest absolute Gasteiger partial charge is 0.376 e. The lowest BCUT2D eigenvalue weighted by molar-refractivity contribution is -0.383. The van der Waals surface area contributed by atoms with Crippen LogP contribution in [0.1, 0.15) is 0 Å². The van der Waals surface area contributed by atoms with E-state index in [-0.39, 0.29) is 10.8 Å². The molecule has 1 rings (SSSR count). The highest BCUT2D eigenvalue weighted by Gasteiger charge is 2.11. The molecule has 0 aromatic heterocycles. The number of para-hydroxylation sites is 2. The van der Waals surface area contributed by atoms with E-state index in [2.05, 4.69) is 24.1 Å². The van der Waals surface area contributed by atoms with Crippen molar-refractivity contribution >= 4 is 34.6 Å². The van der Waals surface area contributed by atoms with Crippen LogP contribution in [0.2, 0.25) is 0 Å². The zero-order chi connectivity index (χ0) is 12.6. The van der Waals surface area contributed by atoms with E-state index < -0.39 is 4.92 Å². The number of nitro benzene ring substituents is 1. The van der Waals surface area contributed by atoms with E-state index in [1.54, 1.807) is 18.0 Å². The summed E-state index contributed by atoms with van der Waals surface area (Å²) >= 11 is 4.57. The van der Waals surface area contributed by atoms with Crippen molar-refractivity contribution in [2.75, 3.05) is 5.32 Å². The first-order valence-corrected chi connectivity index (χ1v) is 4.42. The van der Waals surface area contributed by atoms with Gasteiger partial charge in [-0.2, -0.15) is 0 Å². The topological polar surface area (TPSA) is 105 Å². The average Bonchev–Trinajstić information content (AvgIpc) is 2.18. The fourth-order valence-electron chi connectivity index (χ4n) is 0.871. The number of nitrogens with two attached hydrogens (primary N) is 1. The molecule has 0 aliphatic carbocycles. The number of nitrogens with one attached hydrogen (secondary N) is 2. The summed E-state index contributed by atoms with van der Waals surface area (Å²) in [5.41, 5.74) is 5.45. The van der Waals surface area contributed by atoms with Crippen LogP contribution >= 0.6 is 12.2 Å². The fraction of sp³-hybridized carbons (Fsp3) is 0.